The Morgan fingerprint density at radius 1 is 0.667 bits per heavy atom. The van der Waals surface area contributed by atoms with E-state index in [1.807, 2.05) is 84.9 Å². The molecule has 0 saturated heterocycles. The molecule has 5 rings (SSSR count). The molecule has 0 heterocycles. The maximum absolute atomic E-state index is 11.7. The predicted molar refractivity (Wildman–Crippen MR) is 117 cm³/mol. The van der Waals surface area contributed by atoms with Gasteiger partial charge in [-0.25, -0.2) is 12.1 Å². The summed E-state index contributed by atoms with van der Waals surface area (Å²) in [4.78, 5) is 11.7. The van der Waals surface area contributed by atoms with Gasteiger partial charge in [-0.05, 0) is 0 Å². The molecule has 5 aromatic carbocycles. The fourth-order valence-electron chi connectivity index (χ4n) is 2.74. The Labute approximate surface area is 199 Å². The Morgan fingerprint density at radius 2 is 1.20 bits per heavy atom. The molecule has 0 spiro atoms. The number of benzene rings is 1. The van der Waals surface area contributed by atoms with E-state index in [-0.39, 0.29) is 39.9 Å². The molecule has 0 unspecified atom stereocenters. The van der Waals surface area contributed by atoms with Gasteiger partial charge in [0.2, 0.25) is 0 Å². The van der Waals surface area contributed by atoms with Gasteiger partial charge < -0.3 is 64.5 Å². The van der Waals surface area contributed by atoms with Crippen LogP contribution in [0, 0.1) is 0 Å². The summed E-state index contributed by atoms with van der Waals surface area (Å²) in [5.74, 6) is 0.0885. The molecule has 0 atom stereocenters. The first-order valence-corrected chi connectivity index (χ1v) is 9.26. The summed E-state index contributed by atoms with van der Waals surface area (Å²) in [7, 11) is 0. The molecule has 5 aromatic rings. The van der Waals surface area contributed by atoms with Gasteiger partial charge in [-0.3, -0.25) is 0 Å². The average molecular weight is 474 g/mol. The number of hydrogen-bond acceptors (Lipinski definition) is 1. The Hall–Kier alpha value is -2.67. The van der Waals surface area contributed by atoms with Crippen LogP contribution in [0.5, 0.6) is 0 Å². The molecule has 0 aromatic heterocycles. The van der Waals surface area contributed by atoms with Crippen molar-refractivity contribution in [3.63, 3.8) is 0 Å². The second-order valence-electron chi connectivity index (χ2n) is 6.18. The van der Waals surface area contributed by atoms with Crippen molar-refractivity contribution in [2.24, 2.45) is 0 Å². The monoisotopic (exact) mass is 474 g/mol. The minimum Gasteiger partial charge on any atom is -0.565 e. The summed E-state index contributed by atoms with van der Waals surface area (Å²) in [6, 6.07) is 43.4. The molecule has 0 amide bonds. The van der Waals surface area contributed by atoms with Crippen molar-refractivity contribution in [3.8, 4) is 11.1 Å². The molecule has 0 aliphatic carbocycles. The van der Waals surface area contributed by atoms with Gasteiger partial charge in [-0.15, -0.1) is 12.1 Å². The van der Waals surface area contributed by atoms with Crippen LogP contribution in [0.25, 0.3) is 11.1 Å². The summed E-state index contributed by atoms with van der Waals surface area (Å²) < 4.78 is 0. The molecule has 0 aliphatic heterocycles. The topological polar surface area (TPSA) is 17.1 Å². The van der Waals surface area contributed by atoms with Gasteiger partial charge in [-0.2, -0.15) is 30.3 Å². The Balaban J connectivity index is 0.000000236. The summed E-state index contributed by atoms with van der Waals surface area (Å²) in [5, 5.41) is 0. The van der Waals surface area contributed by atoms with Crippen LogP contribution in [0.1, 0.15) is 15.9 Å². The number of rotatable bonds is 3. The molecule has 0 fully saturated rings. The van der Waals surface area contributed by atoms with Crippen molar-refractivity contribution in [2.75, 3.05) is 0 Å². The number of ketones is 1. The molecule has 1 nitrogen and oxygen atoms in total. The normalized spacial score (nSPS) is 8.93. The van der Waals surface area contributed by atoms with Gasteiger partial charge in [0.05, 0.1) is 0 Å². The van der Waals surface area contributed by atoms with E-state index in [1.165, 1.54) is 11.1 Å². The van der Waals surface area contributed by atoms with Gasteiger partial charge in [-0.1, -0.05) is 41.5 Å². The molecule has 0 saturated carbocycles. The molecule has 3 heteroatoms. The largest absolute Gasteiger partial charge is 0.565 e. The molecule has 160 valence electrons. The van der Waals surface area contributed by atoms with E-state index < -0.39 is 0 Å². The first-order chi connectivity index (χ1) is 13.8. The number of carbonyl (C=O) groups is 1. The minimum absolute atomic E-state index is 0. The standard InChI is InChI=1S/C12H9O.C10H8.C5H5.2Fe/c13-12(11-8-4-5-9-11)10-6-2-1-3-7-10;1-2-6-9(5-1)10-7-3-4-8-10;1-2-4-5-3-1;;/h1-9H;1-8H;1-5H;;/q-1;-6;-1;;. The number of hydrogen-bond donors (Lipinski definition) is 0. The van der Waals surface area contributed by atoms with Gasteiger partial charge in [0.25, 0.3) is 0 Å². The van der Waals surface area contributed by atoms with Crippen LogP contribution in [0.2, 0.25) is 0 Å². The van der Waals surface area contributed by atoms with Crippen molar-refractivity contribution in [1.29, 1.82) is 0 Å². The molecule has 0 radical (unpaired) electrons. The molecule has 0 bridgehead atoms. The van der Waals surface area contributed by atoms with Crippen LogP contribution < -0.4 is 0 Å². The Kier molecular flexibility index (Phi) is 12.1. The molecule has 0 N–H and O–H groups in total. The minimum atomic E-state index is 0. The fraction of sp³-hybridized carbons (Fsp3) is 0. The Morgan fingerprint density at radius 3 is 1.70 bits per heavy atom. The molecular formula is C27H22Fe2O-8. The van der Waals surface area contributed by atoms with Crippen LogP contribution >= 0.6 is 0 Å². The molecule has 0 aliphatic rings. The summed E-state index contributed by atoms with van der Waals surface area (Å²) in [6.07, 6.45) is 0. The van der Waals surface area contributed by atoms with Crippen LogP contribution in [0.15, 0.2) is 133 Å². The van der Waals surface area contributed by atoms with E-state index in [0.717, 1.165) is 11.1 Å². The Bertz CT molecular complexity index is 943. The first kappa shape index (κ1) is 25.4. The quantitative estimate of drug-likeness (QED) is 0.159. The SMILES string of the molecule is O=C(c1ccccc1)[c-]1cccc1.[Fe].[Fe].c1cc[c-](-[c-]2[cH-][cH-][cH-][cH-]2)c1.c1cc[cH-]c1. The summed E-state index contributed by atoms with van der Waals surface area (Å²) in [6.45, 7) is 0. The van der Waals surface area contributed by atoms with Crippen LogP contribution in [-0.2, 0) is 34.1 Å². The third kappa shape index (κ3) is 7.99. The van der Waals surface area contributed by atoms with Crippen molar-refractivity contribution in [3.05, 3.63) is 145 Å². The summed E-state index contributed by atoms with van der Waals surface area (Å²) in [5.41, 5.74) is 4.12. The maximum atomic E-state index is 11.7. The van der Waals surface area contributed by atoms with Crippen LogP contribution in [-0.4, -0.2) is 5.78 Å². The van der Waals surface area contributed by atoms with Crippen molar-refractivity contribution in [1.82, 2.24) is 0 Å². The smallest absolute Gasteiger partial charge is 0.112 e. The van der Waals surface area contributed by atoms with Gasteiger partial charge >= 0.3 is 0 Å². The second-order valence-corrected chi connectivity index (χ2v) is 6.18. The van der Waals surface area contributed by atoms with Gasteiger partial charge in [0.15, 0.2) is 0 Å². The van der Waals surface area contributed by atoms with E-state index in [2.05, 4.69) is 48.5 Å². The first-order valence-electron chi connectivity index (χ1n) is 9.26. The fourth-order valence-corrected chi connectivity index (χ4v) is 2.74. The van der Waals surface area contributed by atoms with Crippen molar-refractivity contribution in [2.45, 2.75) is 0 Å². The van der Waals surface area contributed by atoms with E-state index in [1.54, 1.807) is 0 Å². The van der Waals surface area contributed by atoms with E-state index >= 15 is 0 Å². The zero-order valence-electron chi connectivity index (χ0n) is 16.3. The second kappa shape index (κ2) is 14.3. The van der Waals surface area contributed by atoms with Gasteiger partial charge in [0, 0.05) is 34.1 Å². The maximum Gasteiger partial charge on any atom is 0.112 e. The van der Waals surface area contributed by atoms with E-state index in [4.69, 9.17) is 0 Å². The zero-order chi connectivity index (χ0) is 19.4. The average Bonchev–Trinajstić information content (AvgIpc) is 3.57. The summed E-state index contributed by atoms with van der Waals surface area (Å²) >= 11 is 0. The zero-order valence-corrected chi connectivity index (χ0v) is 18.5. The third-order valence-corrected chi connectivity index (χ3v) is 4.18. The van der Waals surface area contributed by atoms with Crippen molar-refractivity contribution < 1.29 is 38.9 Å². The molecular weight excluding hydrogens is 452 g/mol. The van der Waals surface area contributed by atoms with E-state index in [9.17, 15) is 4.79 Å². The van der Waals surface area contributed by atoms with Crippen LogP contribution in [0.4, 0.5) is 0 Å². The predicted octanol–water partition coefficient (Wildman–Crippen LogP) is 6.83. The van der Waals surface area contributed by atoms with Crippen LogP contribution in [0.3, 0.4) is 0 Å². The van der Waals surface area contributed by atoms with Gasteiger partial charge in [0.1, 0.15) is 5.78 Å². The molecule has 30 heavy (non-hydrogen) atoms. The third-order valence-electron chi connectivity index (χ3n) is 4.18. The van der Waals surface area contributed by atoms with Crippen molar-refractivity contribution >= 4 is 5.78 Å². The van der Waals surface area contributed by atoms with E-state index in [0.29, 0.717) is 0 Å². The number of carbonyl (C=O) groups excluding carboxylic acids is 1.